The van der Waals surface area contributed by atoms with Crippen LogP contribution in [-0.2, 0) is 19.1 Å². The van der Waals surface area contributed by atoms with Crippen LogP contribution in [0.4, 0.5) is 0 Å². The molecule has 6 nitrogen and oxygen atoms in total. The molecule has 32 heavy (non-hydrogen) atoms. The van der Waals surface area contributed by atoms with Gasteiger partial charge in [0.05, 0.1) is 12.2 Å². The molecule has 6 heteroatoms. The van der Waals surface area contributed by atoms with Crippen molar-refractivity contribution in [3.8, 4) is 0 Å². The van der Waals surface area contributed by atoms with Crippen LogP contribution in [0.3, 0.4) is 0 Å². The van der Waals surface area contributed by atoms with Crippen molar-refractivity contribution in [2.24, 2.45) is 0 Å². The summed E-state index contributed by atoms with van der Waals surface area (Å²) in [6, 6.07) is 19.1. The van der Waals surface area contributed by atoms with E-state index >= 15 is 0 Å². The maximum atomic E-state index is 13.1. The molecule has 1 atom stereocenters. The molecule has 0 bridgehead atoms. The Morgan fingerprint density at radius 1 is 0.875 bits per heavy atom. The number of ether oxygens (including phenoxy) is 1. The first-order valence-electron chi connectivity index (χ1n) is 10.2. The average Bonchev–Trinajstić information content (AvgIpc) is 2.81. The zero-order valence-corrected chi connectivity index (χ0v) is 17.3. The summed E-state index contributed by atoms with van der Waals surface area (Å²) in [5.74, 6) is -4.88. The van der Waals surface area contributed by atoms with E-state index in [1.165, 1.54) is 6.07 Å². The van der Waals surface area contributed by atoms with Gasteiger partial charge in [-0.25, -0.2) is 4.79 Å². The Balaban J connectivity index is 1.88. The molecule has 0 radical (unpaired) electrons. The van der Waals surface area contributed by atoms with Gasteiger partial charge in [-0.15, -0.1) is 0 Å². The predicted octanol–water partition coefficient (Wildman–Crippen LogP) is 4.18. The maximum Gasteiger partial charge on any atom is 0.374 e. The number of esters is 1. The first-order chi connectivity index (χ1) is 15.4. The lowest BCUT2D eigenvalue weighted by Gasteiger charge is -2.24. The number of ketones is 3. The van der Waals surface area contributed by atoms with Gasteiger partial charge in [-0.3, -0.25) is 14.4 Å². The Hall–Kier alpha value is -4.06. The second-order valence-electron chi connectivity index (χ2n) is 7.47. The van der Waals surface area contributed by atoms with Crippen molar-refractivity contribution in [2.75, 3.05) is 6.61 Å². The van der Waals surface area contributed by atoms with Gasteiger partial charge in [-0.2, -0.15) is 0 Å². The molecule has 0 aliphatic heterocycles. The molecule has 1 N–H and O–H groups in total. The molecule has 1 aliphatic rings. The maximum absolute atomic E-state index is 13.1. The molecule has 0 amide bonds. The summed E-state index contributed by atoms with van der Waals surface area (Å²) < 4.78 is 4.81. The number of Topliss-reactive ketones (excluding diaryl/α,β-unsaturated/α-hetero) is 3. The number of carbonyl (C=O) groups is 4. The van der Waals surface area contributed by atoms with Crippen LogP contribution in [-0.4, -0.2) is 35.0 Å². The smallest absolute Gasteiger partial charge is 0.374 e. The molecule has 0 saturated carbocycles. The Morgan fingerprint density at radius 2 is 1.53 bits per heavy atom. The number of aliphatic hydroxyl groups is 1. The standard InChI is InChI=1S/C26H20O6/c1-2-32-26(31)21(27)14-20(17-12-11-15-7-3-4-8-16(15)13-17)22-23(28)18-9-5-6-10-19(18)24(29)25(22)30/h3-13,20,28H,2,14H2,1H3/t20-/m1/s1. The van der Waals surface area contributed by atoms with Gasteiger partial charge in [0.25, 0.3) is 0 Å². The minimum atomic E-state index is -1.02. The summed E-state index contributed by atoms with van der Waals surface area (Å²) in [5.41, 5.74) is 0.666. The number of hydrogen-bond acceptors (Lipinski definition) is 6. The van der Waals surface area contributed by atoms with Crippen LogP contribution in [0.25, 0.3) is 16.5 Å². The number of rotatable bonds is 6. The summed E-state index contributed by atoms with van der Waals surface area (Å²) >= 11 is 0. The molecule has 0 aromatic heterocycles. The van der Waals surface area contributed by atoms with Crippen LogP contribution >= 0.6 is 0 Å². The Bertz CT molecular complexity index is 1300. The van der Waals surface area contributed by atoms with E-state index in [1.807, 2.05) is 30.3 Å². The molecule has 0 fully saturated rings. The van der Waals surface area contributed by atoms with Crippen LogP contribution in [0.5, 0.6) is 0 Å². The van der Waals surface area contributed by atoms with E-state index in [0.29, 0.717) is 5.56 Å². The SMILES string of the molecule is CCOC(=O)C(=O)C[C@@H](C1=C(O)c2ccccc2C(=O)C1=O)c1ccc2ccccc2c1. The van der Waals surface area contributed by atoms with E-state index in [9.17, 15) is 24.3 Å². The van der Waals surface area contributed by atoms with Crippen molar-refractivity contribution in [3.63, 3.8) is 0 Å². The second kappa shape index (κ2) is 8.59. The lowest BCUT2D eigenvalue weighted by atomic mass is 9.77. The molecule has 1 aliphatic carbocycles. The van der Waals surface area contributed by atoms with Crippen molar-refractivity contribution in [1.82, 2.24) is 0 Å². The highest BCUT2D eigenvalue weighted by molar-refractivity contribution is 6.52. The fourth-order valence-corrected chi connectivity index (χ4v) is 4.00. The minimum absolute atomic E-state index is 0.0317. The number of benzene rings is 3. The Labute approximate surface area is 184 Å². The highest BCUT2D eigenvalue weighted by atomic mass is 16.5. The number of fused-ring (bicyclic) bond motifs is 2. The lowest BCUT2D eigenvalue weighted by Crippen LogP contribution is -2.29. The third kappa shape index (κ3) is 3.71. The van der Waals surface area contributed by atoms with E-state index < -0.39 is 35.7 Å². The number of carbonyl (C=O) groups excluding carboxylic acids is 4. The topological polar surface area (TPSA) is 97.7 Å². The predicted molar refractivity (Wildman–Crippen MR) is 118 cm³/mol. The summed E-state index contributed by atoms with van der Waals surface area (Å²) in [4.78, 5) is 50.4. The molecule has 0 spiro atoms. The third-order valence-electron chi connectivity index (χ3n) is 5.55. The van der Waals surface area contributed by atoms with Gasteiger partial charge < -0.3 is 9.84 Å². The van der Waals surface area contributed by atoms with Gasteiger partial charge >= 0.3 is 5.97 Å². The zero-order chi connectivity index (χ0) is 22.8. The summed E-state index contributed by atoms with van der Waals surface area (Å²) in [5, 5.41) is 12.8. The highest BCUT2D eigenvalue weighted by Gasteiger charge is 2.39. The molecule has 160 valence electrons. The molecule has 0 heterocycles. The fraction of sp³-hybridized carbons (Fsp3) is 0.154. The summed E-state index contributed by atoms with van der Waals surface area (Å²) in [6.45, 7) is 1.62. The van der Waals surface area contributed by atoms with Gasteiger partial charge in [0.1, 0.15) is 5.76 Å². The van der Waals surface area contributed by atoms with Crippen LogP contribution in [0.2, 0.25) is 0 Å². The molecule has 3 aromatic carbocycles. The van der Waals surface area contributed by atoms with Gasteiger partial charge in [0, 0.05) is 23.5 Å². The van der Waals surface area contributed by atoms with Crippen molar-refractivity contribution >= 4 is 39.9 Å². The summed E-state index contributed by atoms with van der Waals surface area (Å²) in [7, 11) is 0. The highest BCUT2D eigenvalue weighted by Crippen LogP contribution is 2.39. The first-order valence-corrected chi connectivity index (χ1v) is 10.2. The van der Waals surface area contributed by atoms with E-state index in [4.69, 9.17) is 4.74 Å². The van der Waals surface area contributed by atoms with Crippen LogP contribution in [0, 0.1) is 0 Å². The van der Waals surface area contributed by atoms with Gasteiger partial charge in [-0.1, -0.05) is 66.7 Å². The van der Waals surface area contributed by atoms with Crippen LogP contribution < -0.4 is 0 Å². The number of allylic oxidation sites excluding steroid dienone is 1. The van der Waals surface area contributed by atoms with Gasteiger partial charge in [0.2, 0.25) is 17.3 Å². The van der Waals surface area contributed by atoms with Gasteiger partial charge in [0.15, 0.2) is 0 Å². The zero-order valence-electron chi connectivity index (χ0n) is 17.3. The van der Waals surface area contributed by atoms with Crippen LogP contribution in [0.15, 0.2) is 72.3 Å². The van der Waals surface area contributed by atoms with Gasteiger partial charge in [-0.05, 0) is 23.3 Å². The Kier molecular flexibility index (Phi) is 5.69. The number of aliphatic hydroxyl groups excluding tert-OH is 1. The third-order valence-corrected chi connectivity index (χ3v) is 5.55. The fourth-order valence-electron chi connectivity index (χ4n) is 4.00. The first kappa shape index (κ1) is 21.2. The molecule has 0 saturated heterocycles. The lowest BCUT2D eigenvalue weighted by molar-refractivity contribution is -0.153. The van der Waals surface area contributed by atoms with Crippen molar-refractivity contribution in [2.45, 2.75) is 19.3 Å². The van der Waals surface area contributed by atoms with Crippen molar-refractivity contribution in [1.29, 1.82) is 0 Å². The second-order valence-corrected chi connectivity index (χ2v) is 7.47. The van der Waals surface area contributed by atoms with E-state index in [-0.39, 0.29) is 29.1 Å². The summed E-state index contributed by atoms with van der Waals surface area (Å²) in [6.07, 6.45) is -0.419. The molecule has 4 rings (SSSR count). The molecule has 3 aromatic rings. The number of hydrogen-bond donors (Lipinski definition) is 1. The average molecular weight is 428 g/mol. The van der Waals surface area contributed by atoms with Crippen LogP contribution in [0.1, 0.15) is 40.7 Å². The molecular weight excluding hydrogens is 408 g/mol. The molecule has 0 unspecified atom stereocenters. The monoisotopic (exact) mass is 428 g/mol. The normalized spacial score (nSPS) is 14.3. The molecular formula is C26H20O6. The van der Waals surface area contributed by atoms with E-state index in [1.54, 1.807) is 37.3 Å². The Morgan fingerprint density at radius 3 is 2.25 bits per heavy atom. The van der Waals surface area contributed by atoms with Crippen molar-refractivity contribution in [3.05, 3.63) is 89.0 Å². The largest absolute Gasteiger partial charge is 0.507 e. The van der Waals surface area contributed by atoms with Crippen molar-refractivity contribution < 1.29 is 29.0 Å². The van der Waals surface area contributed by atoms with E-state index in [2.05, 4.69) is 0 Å². The quantitative estimate of drug-likeness (QED) is 0.467. The van der Waals surface area contributed by atoms with E-state index in [0.717, 1.165) is 10.8 Å². The minimum Gasteiger partial charge on any atom is -0.507 e.